The van der Waals surface area contributed by atoms with Crippen molar-refractivity contribution in [3.05, 3.63) is 23.8 Å². The van der Waals surface area contributed by atoms with Gasteiger partial charge in [-0.05, 0) is 57.0 Å². The second-order valence-electron chi connectivity index (χ2n) is 10.9. The smallest absolute Gasteiger partial charge is 0.253 e. The molecule has 0 bridgehead atoms. The van der Waals surface area contributed by atoms with E-state index in [9.17, 15) is 9.59 Å². The number of likely N-dealkylation sites (N-methyl/N-ethyl adjacent to an activating group) is 1. The van der Waals surface area contributed by atoms with Crippen LogP contribution in [-0.2, 0) is 4.79 Å². The molecule has 0 aliphatic carbocycles. The zero-order valence-electron chi connectivity index (χ0n) is 24.8. The third-order valence-electron chi connectivity index (χ3n) is 7.84. The van der Waals surface area contributed by atoms with E-state index in [0.717, 1.165) is 64.1 Å². The maximum Gasteiger partial charge on any atom is 0.253 e. The van der Waals surface area contributed by atoms with Gasteiger partial charge in [-0.3, -0.25) is 9.59 Å². The number of carbonyl (C=O) groups is 2. The van der Waals surface area contributed by atoms with Gasteiger partial charge in [-0.2, -0.15) is 0 Å². The maximum atomic E-state index is 13.2. The average molecular weight is 529 g/mol. The van der Waals surface area contributed by atoms with Crippen molar-refractivity contribution in [3.8, 4) is 0 Å². The highest BCUT2D eigenvalue weighted by Gasteiger charge is 2.20. The lowest BCUT2D eigenvalue weighted by Crippen LogP contribution is -2.36. The van der Waals surface area contributed by atoms with Gasteiger partial charge in [0.15, 0.2) is 0 Å². The minimum Gasteiger partial charge on any atom is -0.371 e. The van der Waals surface area contributed by atoms with E-state index in [-0.39, 0.29) is 11.8 Å². The topological polar surface area (TPSA) is 64.7 Å². The predicted molar refractivity (Wildman–Crippen MR) is 162 cm³/mol. The monoisotopic (exact) mass is 528 g/mol. The molecule has 216 valence electrons. The minimum absolute atomic E-state index is 0.0412. The summed E-state index contributed by atoms with van der Waals surface area (Å²) < 4.78 is 0. The molecule has 1 aromatic carbocycles. The van der Waals surface area contributed by atoms with E-state index in [2.05, 4.69) is 41.2 Å². The molecule has 1 aromatic rings. The van der Waals surface area contributed by atoms with E-state index in [1.807, 2.05) is 18.2 Å². The Labute approximate surface area is 233 Å². The Kier molecular flexibility index (Phi) is 16.8. The number of benzene rings is 1. The number of nitrogens with one attached hydrogen (secondary N) is 2. The molecule has 2 amide bonds. The quantitative estimate of drug-likeness (QED) is 0.173. The van der Waals surface area contributed by atoms with Gasteiger partial charge in [0, 0.05) is 44.0 Å². The fraction of sp³-hybridized carbons (Fsp3) is 0.750. The normalized spacial score (nSPS) is 13.6. The van der Waals surface area contributed by atoms with Gasteiger partial charge in [-0.15, -0.1) is 0 Å². The molecule has 6 heteroatoms. The zero-order valence-corrected chi connectivity index (χ0v) is 24.8. The van der Waals surface area contributed by atoms with Crippen molar-refractivity contribution in [2.45, 2.75) is 117 Å². The van der Waals surface area contributed by atoms with Gasteiger partial charge in [0.05, 0.1) is 5.56 Å². The highest BCUT2D eigenvalue weighted by molar-refractivity contribution is 6.02. The first-order valence-electron chi connectivity index (χ1n) is 15.8. The summed E-state index contributed by atoms with van der Waals surface area (Å²) in [5.74, 6) is -0.0151. The van der Waals surface area contributed by atoms with Crippen molar-refractivity contribution in [3.63, 3.8) is 0 Å². The third-order valence-corrected chi connectivity index (χ3v) is 7.84. The standard InChI is InChI=1S/C32H56N4O2/c1-4-7-8-9-10-11-12-13-14-15-17-20-31(37)34-28-21-22-30(36-24-18-16-19-25-36)29(27-28)32(38)33-23-26-35(5-2)6-3/h21-22,27H,4-20,23-26H2,1-3H3,(H,33,38)(H,34,37). The SMILES string of the molecule is CCCCCCCCCCCCCC(=O)Nc1ccc(N2CCCCC2)c(C(=O)NCCN(CC)CC)c1. The molecule has 1 aliphatic rings. The Hall–Kier alpha value is -2.08. The largest absolute Gasteiger partial charge is 0.371 e. The van der Waals surface area contributed by atoms with Crippen molar-refractivity contribution in [2.75, 3.05) is 49.5 Å². The molecule has 1 aliphatic heterocycles. The zero-order chi connectivity index (χ0) is 27.4. The van der Waals surface area contributed by atoms with Crippen molar-refractivity contribution in [1.29, 1.82) is 0 Å². The molecule has 2 rings (SSSR count). The van der Waals surface area contributed by atoms with Crippen LogP contribution in [0.15, 0.2) is 18.2 Å². The lowest BCUT2D eigenvalue weighted by atomic mass is 10.0. The molecular weight excluding hydrogens is 472 g/mol. The molecule has 0 atom stereocenters. The van der Waals surface area contributed by atoms with Crippen molar-refractivity contribution >= 4 is 23.2 Å². The Morgan fingerprint density at radius 3 is 2.03 bits per heavy atom. The van der Waals surface area contributed by atoms with Gasteiger partial charge < -0.3 is 20.4 Å². The molecule has 1 saturated heterocycles. The summed E-state index contributed by atoms with van der Waals surface area (Å²) in [6.07, 6.45) is 18.1. The van der Waals surface area contributed by atoms with Gasteiger partial charge in [0.2, 0.25) is 5.91 Å². The number of carbonyl (C=O) groups excluding carboxylic acids is 2. The molecule has 0 aromatic heterocycles. The van der Waals surface area contributed by atoms with E-state index in [4.69, 9.17) is 0 Å². The summed E-state index contributed by atoms with van der Waals surface area (Å²) in [7, 11) is 0. The van der Waals surface area contributed by atoms with Crippen LogP contribution in [0.3, 0.4) is 0 Å². The fourth-order valence-electron chi connectivity index (χ4n) is 5.34. The first-order valence-corrected chi connectivity index (χ1v) is 15.8. The molecule has 38 heavy (non-hydrogen) atoms. The molecule has 6 nitrogen and oxygen atoms in total. The number of hydrogen-bond donors (Lipinski definition) is 2. The lowest BCUT2D eigenvalue weighted by molar-refractivity contribution is -0.116. The van der Waals surface area contributed by atoms with Crippen molar-refractivity contribution in [2.24, 2.45) is 0 Å². The molecular formula is C32H56N4O2. The molecule has 0 radical (unpaired) electrons. The first kappa shape index (κ1) is 32.1. The van der Waals surface area contributed by atoms with Gasteiger partial charge in [0.25, 0.3) is 5.91 Å². The summed E-state index contributed by atoms with van der Waals surface area (Å²) in [5, 5.41) is 6.16. The molecule has 0 unspecified atom stereocenters. The molecule has 0 saturated carbocycles. The highest BCUT2D eigenvalue weighted by Crippen LogP contribution is 2.27. The molecule has 1 heterocycles. The second-order valence-corrected chi connectivity index (χ2v) is 10.9. The number of amides is 2. The van der Waals surface area contributed by atoms with Gasteiger partial charge in [-0.25, -0.2) is 0 Å². The van der Waals surface area contributed by atoms with E-state index in [1.165, 1.54) is 64.2 Å². The fourth-order valence-corrected chi connectivity index (χ4v) is 5.34. The van der Waals surface area contributed by atoms with Crippen LogP contribution < -0.4 is 15.5 Å². The van der Waals surface area contributed by atoms with Gasteiger partial charge in [0.1, 0.15) is 0 Å². The number of hydrogen-bond acceptors (Lipinski definition) is 4. The third kappa shape index (κ3) is 12.6. The number of piperidine rings is 1. The Balaban J connectivity index is 1.81. The van der Waals surface area contributed by atoms with E-state index in [1.54, 1.807) is 0 Å². The number of nitrogens with zero attached hydrogens (tertiary/aromatic N) is 2. The van der Waals surface area contributed by atoms with Crippen LogP contribution in [0.25, 0.3) is 0 Å². The molecule has 0 spiro atoms. The summed E-state index contributed by atoms with van der Waals surface area (Å²) in [5.41, 5.74) is 2.36. The predicted octanol–water partition coefficient (Wildman–Crippen LogP) is 7.39. The van der Waals surface area contributed by atoms with Crippen LogP contribution in [0.4, 0.5) is 11.4 Å². The minimum atomic E-state index is -0.0563. The van der Waals surface area contributed by atoms with Crippen LogP contribution >= 0.6 is 0 Å². The summed E-state index contributed by atoms with van der Waals surface area (Å²) in [6, 6.07) is 5.84. The van der Waals surface area contributed by atoms with Crippen molar-refractivity contribution in [1.82, 2.24) is 10.2 Å². The second kappa shape index (κ2) is 19.9. The lowest BCUT2D eigenvalue weighted by Gasteiger charge is -2.30. The van der Waals surface area contributed by atoms with E-state index >= 15 is 0 Å². The van der Waals surface area contributed by atoms with E-state index in [0.29, 0.717) is 24.2 Å². The Morgan fingerprint density at radius 2 is 1.42 bits per heavy atom. The number of unbranched alkanes of at least 4 members (excludes halogenated alkanes) is 10. The first-order chi connectivity index (χ1) is 18.6. The summed E-state index contributed by atoms with van der Waals surface area (Å²) in [4.78, 5) is 30.5. The maximum absolute atomic E-state index is 13.2. The summed E-state index contributed by atoms with van der Waals surface area (Å²) in [6.45, 7) is 11.9. The van der Waals surface area contributed by atoms with Crippen LogP contribution in [0, 0.1) is 0 Å². The molecule has 1 fully saturated rings. The Bertz CT molecular complexity index is 788. The summed E-state index contributed by atoms with van der Waals surface area (Å²) >= 11 is 0. The van der Waals surface area contributed by atoms with Crippen molar-refractivity contribution < 1.29 is 9.59 Å². The average Bonchev–Trinajstić information content (AvgIpc) is 2.94. The number of anilines is 2. The van der Waals surface area contributed by atoms with Crippen LogP contribution in [0.5, 0.6) is 0 Å². The van der Waals surface area contributed by atoms with E-state index < -0.39 is 0 Å². The van der Waals surface area contributed by atoms with Crippen LogP contribution in [0.2, 0.25) is 0 Å². The number of rotatable bonds is 20. The molecule has 2 N–H and O–H groups in total. The van der Waals surface area contributed by atoms with Crippen LogP contribution in [0.1, 0.15) is 127 Å². The van der Waals surface area contributed by atoms with Gasteiger partial charge >= 0.3 is 0 Å². The Morgan fingerprint density at radius 1 is 0.816 bits per heavy atom. The van der Waals surface area contributed by atoms with Gasteiger partial charge in [-0.1, -0.05) is 85.0 Å². The van der Waals surface area contributed by atoms with Crippen LogP contribution in [-0.4, -0.2) is 56.0 Å². The highest BCUT2D eigenvalue weighted by atomic mass is 16.2.